The molecule has 1 amide bonds. The van der Waals surface area contributed by atoms with Gasteiger partial charge in [-0.25, -0.2) is 18.2 Å². The Morgan fingerprint density at radius 3 is 2.23 bits per heavy atom. The second-order valence-corrected chi connectivity index (χ2v) is 11.1. The van der Waals surface area contributed by atoms with Gasteiger partial charge < -0.3 is 19.5 Å². The first-order valence-electron chi connectivity index (χ1n) is 14.8. The van der Waals surface area contributed by atoms with Crippen LogP contribution in [0.25, 0.3) is 17.0 Å². The summed E-state index contributed by atoms with van der Waals surface area (Å²) in [5.74, 6) is -1.06. The van der Waals surface area contributed by atoms with Crippen molar-refractivity contribution >= 4 is 36.5 Å². The van der Waals surface area contributed by atoms with Gasteiger partial charge in [-0.3, -0.25) is 14.5 Å². The van der Waals surface area contributed by atoms with E-state index >= 15 is 0 Å². The summed E-state index contributed by atoms with van der Waals surface area (Å²) in [6.45, 7) is 2.69. The van der Waals surface area contributed by atoms with E-state index in [1.807, 2.05) is 49.5 Å². The van der Waals surface area contributed by atoms with Gasteiger partial charge in [0.1, 0.15) is 22.9 Å². The van der Waals surface area contributed by atoms with Crippen molar-refractivity contribution in [1.29, 1.82) is 0 Å². The van der Waals surface area contributed by atoms with Gasteiger partial charge >= 0.3 is 0 Å². The number of imidazole rings is 1. The molecule has 0 spiro atoms. The Balaban J connectivity index is 0.00000250. The highest BCUT2D eigenvalue weighted by Crippen LogP contribution is 2.28. The smallest absolute Gasteiger partial charge is 0.272 e. The minimum absolute atomic E-state index is 0. The first-order chi connectivity index (χ1) is 21.8. The van der Waals surface area contributed by atoms with E-state index in [0.717, 1.165) is 11.1 Å². The van der Waals surface area contributed by atoms with Crippen LogP contribution in [-0.4, -0.2) is 70.0 Å². The SMILES string of the molecule is COc1ccc(-c2nc3n(Cc4c(F)cccc4F)cc(C(=O)N4CCNCC4)c(=O)n3c2CN(C)Cc2ccccc2)cc1.Cl.Cl. The van der Waals surface area contributed by atoms with Crippen molar-refractivity contribution in [2.75, 3.05) is 40.3 Å². The Hall–Kier alpha value is -4.29. The number of hydrogen-bond acceptors (Lipinski definition) is 6. The van der Waals surface area contributed by atoms with E-state index in [9.17, 15) is 18.4 Å². The lowest BCUT2D eigenvalue weighted by molar-refractivity contribution is 0.0733. The fourth-order valence-electron chi connectivity index (χ4n) is 5.72. The van der Waals surface area contributed by atoms with Crippen molar-refractivity contribution in [3.05, 3.63) is 123 Å². The van der Waals surface area contributed by atoms with Gasteiger partial charge in [0, 0.05) is 56.6 Å². The number of carbonyl (C=O) groups is 1. The van der Waals surface area contributed by atoms with Crippen LogP contribution in [0.1, 0.15) is 27.2 Å². The third-order valence-corrected chi connectivity index (χ3v) is 8.03. The molecule has 1 fully saturated rings. The molecule has 5 aromatic rings. The van der Waals surface area contributed by atoms with Gasteiger partial charge in [-0.1, -0.05) is 36.4 Å². The molecular weight excluding hydrogens is 649 g/mol. The quantitative estimate of drug-likeness (QED) is 0.235. The summed E-state index contributed by atoms with van der Waals surface area (Å²) in [6.07, 6.45) is 1.39. The van der Waals surface area contributed by atoms with Crippen molar-refractivity contribution in [2.24, 2.45) is 0 Å². The number of halogens is 4. The molecule has 2 aromatic heterocycles. The molecule has 1 N–H and O–H groups in total. The van der Waals surface area contributed by atoms with Crippen LogP contribution in [0.4, 0.5) is 8.78 Å². The Morgan fingerprint density at radius 2 is 1.60 bits per heavy atom. The van der Waals surface area contributed by atoms with E-state index in [-0.39, 0.29) is 48.3 Å². The molecule has 0 bridgehead atoms. The van der Waals surface area contributed by atoms with Crippen molar-refractivity contribution in [2.45, 2.75) is 19.6 Å². The Morgan fingerprint density at radius 1 is 0.936 bits per heavy atom. The largest absolute Gasteiger partial charge is 0.497 e. The Labute approximate surface area is 283 Å². The van der Waals surface area contributed by atoms with Gasteiger partial charge in [-0.2, -0.15) is 0 Å². The number of amides is 1. The van der Waals surface area contributed by atoms with Crippen LogP contribution in [0.2, 0.25) is 0 Å². The fourth-order valence-corrected chi connectivity index (χ4v) is 5.72. The average molecular weight is 686 g/mol. The number of methoxy groups -OCH3 is 1. The summed E-state index contributed by atoms with van der Waals surface area (Å²) in [5, 5.41) is 3.21. The maximum Gasteiger partial charge on any atom is 0.272 e. The lowest BCUT2D eigenvalue weighted by Gasteiger charge is -2.27. The first kappa shape index (κ1) is 35.6. The normalized spacial score (nSPS) is 12.9. The summed E-state index contributed by atoms with van der Waals surface area (Å²) >= 11 is 0. The number of rotatable bonds is 9. The van der Waals surface area contributed by atoms with Gasteiger partial charge in [0.15, 0.2) is 0 Å². The van der Waals surface area contributed by atoms with Crippen LogP contribution in [-0.2, 0) is 19.6 Å². The van der Waals surface area contributed by atoms with Crippen LogP contribution >= 0.6 is 24.8 Å². The zero-order valence-corrected chi connectivity index (χ0v) is 27.6. The molecular formula is C34H36Cl2F2N6O3. The van der Waals surface area contributed by atoms with Crippen molar-refractivity contribution < 1.29 is 18.3 Å². The van der Waals surface area contributed by atoms with E-state index < -0.39 is 23.1 Å². The van der Waals surface area contributed by atoms with Crippen LogP contribution < -0.4 is 15.6 Å². The third-order valence-electron chi connectivity index (χ3n) is 8.03. The van der Waals surface area contributed by atoms with Crippen molar-refractivity contribution in [3.8, 4) is 17.0 Å². The molecule has 47 heavy (non-hydrogen) atoms. The number of nitrogens with zero attached hydrogens (tertiary/aromatic N) is 5. The second-order valence-electron chi connectivity index (χ2n) is 11.1. The second kappa shape index (κ2) is 15.5. The average Bonchev–Trinajstić information content (AvgIpc) is 3.44. The zero-order chi connectivity index (χ0) is 31.5. The number of nitrogens with one attached hydrogen (secondary N) is 1. The van der Waals surface area contributed by atoms with E-state index in [1.165, 1.54) is 33.4 Å². The number of benzene rings is 3. The summed E-state index contributed by atoms with van der Waals surface area (Å²) < 4.78 is 38.1. The van der Waals surface area contributed by atoms with Crippen molar-refractivity contribution in [1.82, 2.24) is 29.1 Å². The van der Waals surface area contributed by atoms with Crippen LogP contribution in [0, 0.1) is 11.6 Å². The van der Waals surface area contributed by atoms with Crippen LogP contribution in [0.5, 0.6) is 5.75 Å². The number of fused-ring (bicyclic) bond motifs is 1. The predicted octanol–water partition coefficient (Wildman–Crippen LogP) is 5.02. The lowest BCUT2D eigenvalue weighted by atomic mass is 10.1. The standard InChI is InChI=1S/C34H34F2N6O3.2ClH/c1-39(19-23-7-4-3-5-8-23)22-30-31(24-11-13-25(45-2)14-12-24)38-34-41(20-26-28(35)9-6-10-29(26)36)21-27(33(44)42(30)34)32(43)40-17-15-37-16-18-40;;/h3-14,21,37H,15-20,22H2,1-2H3;2*1H. The van der Waals surface area contributed by atoms with Gasteiger partial charge in [0.05, 0.1) is 25.0 Å². The summed E-state index contributed by atoms with van der Waals surface area (Å²) in [4.78, 5) is 36.7. The maximum atomic E-state index is 14.9. The highest BCUT2D eigenvalue weighted by Gasteiger charge is 2.27. The highest BCUT2D eigenvalue weighted by molar-refractivity contribution is 5.94. The fraction of sp³-hybridized carbons (Fsp3) is 0.265. The summed E-state index contributed by atoms with van der Waals surface area (Å²) in [7, 11) is 3.52. The molecule has 9 nitrogen and oxygen atoms in total. The molecule has 13 heteroatoms. The van der Waals surface area contributed by atoms with E-state index in [1.54, 1.807) is 24.1 Å². The summed E-state index contributed by atoms with van der Waals surface area (Å²) in [6, 6.07) is 20.9. The maximum absolute atomic E-state index is 14.9. The molecule has 1 aliphatic rings. The predicted molar refractivity (Wildman–Crippen MR) is 182 cm³/mol. The van der Waals surface area contributed by atoms with Crippen LogP contribution in [0.15, 0.2) is 83.8 Å². The Kier molecular flexibility index (Phi) is 11.8. The lowest BCUT2D eigenvalue weighted by Crippen LogP contribution is -2.48. The van der Waals surface area contributed by atoms with E-state index in [0.29, 0.717) is 56.4 Å². The van der Waals surface area contributed by atoms with Crippen molar-refractivity contribution in [3.63, 3.8) is 0 Å². The highest BCUT2D eigenvalue weighted by atomic mass is 35.5. The molecule has 0 saturated carbocycles. The first-order valence-corrected chi connectivity index (χ1v) is 14.8. The molecule has 248 valence electrons. The number of ether oxygens (including phenoxy) is 1. The Bertz CT molecular complexity index is 1870. The van der Waals surface area contributed by atoms with Gasteiger partial charge in [0.25, 0.3) is 11.5 Å². The van der Waals surface area contributed by atoms with Crippen LogP contribution in [0.3, 0.4) is 0 Å². The molecule has 0 unspecified atom stereocenters. The number of carbonyl (C=O) groups excluding carboxylic acids is 1. The third kappa shape index (κ3) is 7.49. The molecule has 1 aliphatic heterocycles. The molecule has 1 saturated heterocycles. The van der Waals surface area contributed by atoms with E-state index in [2.05, 4.69) is 10.2 Å². The molecule has 0 aliphatic carbocycles. The minimum atomic E-state index is -0.730. The number of hydrogen-bond donors (Lipinski definition) is 1. The van der Waals surface area contributed by atoms with Gasteiger partial charge in [-0.05, 0) is 49.0 Å². The molecule has 3 aromatic carbocycles. The summed E-state index contributed by atoms with van der Waals surface area (Å²) in [5.41, 5.74) is 2.06. The molecule has 0 atom stereocenters. The van der Waals surface area contributed by atoms with Gasteiger partial charge in [-0.15, -0.1) is 24.8 Å². The zero-order valence-electron chi connectivity index (χ0n) is 26.0. The minimum Gasteiger partial charge on any atom is -0.497 e. The molecule has 6 rings (SSSR count). The van der Waals surface area contributed by atoms with E-state index in [4.69, 9.17) is 9.72 Å². The van der Waals surface area contributed by atoms with Gasteiger partial charge in [0.2, 0.25) is 5.78 Å². The molecule has 0 radical (unpaired) electrons. The molecule has 3 heterocycles. The monoisotopic (exact) mass is 684 g/mol. The number of aromatic nitrogens is 3. The topological polar surface area (TPSA) is 84.1 Å². The number of piperazine rings is 1.